The van der Waals surface area contributed by atoms with Gasteiger partial charge in [0.25, 0.3) is 11.1 Å². The lowest BCUT2D eigenvalue weighted by atomic mass is 10.1. The Morgan fingerprint density at radius 2 is 1.67 bits per heavy atom. The minimum atomic E-state index is -1.07. The largest absolute Gasteiger partial charge is 0.478 e. The first kappa shape index (κ1) is 19.4. The van der Waals surface area contributed by atoms with E-state index in [2.05, 4.69) is 9.99 Å². The van der Waals surface area contributed by atoms with Crippen LogP contribution < -0.4 is 11.1 Å². The minimum absolute atomic E-state index is 0.0207. The van der Waals surface area contributed by atoms with E-state index >= 15 is 0 Å². The normalized spacial score (nSPS) is 11.1. The van der Waals surface area contributed by atoms with E-state index in [4.69, 9.17) is 10.4 Å². The van der Waals surface area contributed by atoms with E-state index in [0.29, 0.717) is 28.0 Å². The Kier molecular flexibility index (Phi) is 4.82. The van der Waals surface area contributed by atoms with Crippen molar-refractivity contribution < 1.29 is 20.0 Å². The van der Waals surface area contributed by atoms with E-state index in [1.165, 1.54) is 39.6 Å². The van der Waals surface area contributed by atoms with Crippen LogP contribution in [0.2, 0.25) is 0 Å². The number of fused-ring (bicyclic) bond motifs is 1. The highest BCUT2D eigenvalue weighted by atomic mass is 17.1. The van der Waals surface area contributed by atoms with Gasteiger partial charge in [-0.15, -0.1) is 0 Å². The Morgan fingerprint density at radius 1 is 1.03 bits per heavy atom. The highest BCUT2D eigenvalue weighted by Gasteiger charge is 2.17. The average Bonchev–Trinajstić information content (AvgIpc) is 3.06. The number of aromatic amines is 1. The van der Waals surface area contributed by atoms with Gasteiger partial charge in [0.1, 0.15) is 12.3 Å². The molecule has 2 aromatic heterocycles. The molecule has 0 bridgehead atoms. The number of carboxylic acid groups (broad SMARTS) is 1. The number of rotatable bonds is 5. The molecule has 0 aliphatic rings. The molecule has 30 heavy (non-hydrogen) atoms. The predicted octanol–water partition coefficient (Wildman–Crippen LogP) is 2.47. The first-order valence-corrected chi connectivity index (χ1v) is 8.97. The molecule has 4 aromatic rings. The van der Waals surface area contributed by atoms with Crippen LogP contribution in [0.25, 0.3) is 22.4 Å². The molecular formula is C21H17N3O6. The predicted molar refractivity (Wildman–Crippen MR) is 109 cm³/mol. The van der Waals surface area contributed by atoms with Crippen molar-refractivity contribution in [1.29, 1.82) is 0 Å². The molecule has 9 heteroatoms. The average molecular weight is 407 g/mol. The zero-order valence-electron chi connectivity index (χ0n) is 15.8. The second kappa shape index (κ2) is 7.47. The lowest BCUT2D eigenvalue weighted by Gasteiger charge is -2.08. The van der Waals surface area contributed by atoms with Crippen molar-refractivity contribution in [3.8, 4) is 11.4 Å². The zero-order valence-corrected chi connectivity index (χ0v) is 15.8. The van der Waals surface area contributed by atoms with Crippen LogP contribution in [-0.2, 0) is 11.5 Å². The van der Waals surface area contributed by atoms with Crippen LogP contribution in [0, 0.1) is 6.92 Å². The summed E-state index contributed by atoms with van der Waals surface area (Å²) in [4.78, 5) is 41.0. The molecule has 0 radical (unpaired) electrons. The van der Waals surface area contributed by atoms with E-state index in [1.54, 1.807) is 31.2 Å². The third-order valence-corrected chi connectivity index (χ3v) is 4.85. The molecule has 0 saturated heterocycles. The van der Waals surface area contributed by atoms with E-state index in [1.807, 2.05) is 0 Å². The van der Waals surface area contributed by atoms with Gasteiger partial charge >= 0.3 is 5.97 Å². The number of carboxylic acids is 1. The van der Waals surface area contributed by atoms with Gasteiger partial charge in [-0.1, -0.05) is 12.1 Å². The molecule has 9 nitrogen and oxygen atoms in total. The van der Waals surface area contributed by atoms with Crippen molar-refractivity contribution in [2.45, 2.75) is 13.5 Å². The first-order valence-electron chi connectivity index (χ1n) is 8.97. The summed E-state index contributed by atoms with van der Waals surface area (Å²) < 4.78 is 2.66. The maximum absolute atomic E-state index is 13.1. The van der Waals surface area contributed by atoms with Gasteiger partial charge in [-0.05, 0) is 54.4 Å². The summed E-state index contributed by atoms with van der Waals surface area (Å²) in [5.41, 5.74) is 1.92. The third kappa shape index (κ3) is 3.21. The summed E-state index contributed by atoms with van der Waals surface area (Å²) in [6.45, 7) is 1.70. The first-order chi connectivity index (χ1) is 14.4. The molecule has 0 unspecified atom stereocenters. The van der Waals surface area contributed by atoms with Gasteiger partial charge in [0.15, 0.2) is 0 Å². The van der Waals surface area contributed by atoms with Gasteiger partial charge in [0.2, 0.25) is 0 Å². The molecule has 0 fully saturated rings. The molecule has 0 amide bonds. The second-order valence-corrected chi connectivity index (χ2v) is 6.77. The fourth-order valence-corrected chi connectivity index (χ4v) is 3.38. The SMILES string of the molecule is Cc1cc(=O)n(-c2ccc(C(=O)O)cc2)c2[nH]n(-c3ccc(COO)cc3)c(=O)c12. The van der Waals surface area contributed by atoms with Crippen molar-refractivity contribution in [3.63, 3.8) is 0 Å². The van der Waals surface area contributed by atoms with Crippen molar-refractivity contribution in [2.75, 3.05) is 0 Å². The molecule has 0 saturated carbocycles. The summed E-state index contributed by atoms with van der Waals surface area (Å²) in [5.74, 6) is -1.07. The highest BCUT2D eigenvalue weighted by Crippen LogP contribution is 2.18. The highest BCUT2D eigenvalue weighted by molar-refractivity contribution is 5.88. The molecule has 152 valence electrons. The fourth-order valence-electron chi connectivity index (χ4n) is 3.38. The number of benzene rings is 2. The van der Waals surface area contributed by atoms with Crippen molar-refractivity contribution in [1.82, 2.24) is 14.3 Å². The van der Waals surface area contributed by atoms with E-state index in [-0.39, 0.29) is 23.3 Å². The number of nitrogens with one attached hydrogen (secondary N) is 1. The molecule has 2 aromatic carbocycles. The van der Waals surface area contributed by atoms with Crippen LogP contribution in [0.3, 0.4) is 0 Å². The van der Waals surface area contributed by atoms with Gasteiger partial charge in [-0.3, -0.25) is 24.5 Å². The van der Waals surface area contributed by atoms with Gasteiger partial charge in [0.05, 0.1) is 22.3 Å². The summed E-state index contributed by atoms with van der Waals surface area (Å²) >= 11 is 0. The van der Waals surface area contributed by atoms with Gasteiger partial charge in [-0.2, -0.15) is 0 Å². The zero-order chi connectivity index (χ0) is 21.4. The van der Waals surface area contributed by atoms with Gasteiger partial charge in [-0.25, -0.2) is 14.4 Å². The topological polar surface area (TPSA) is 127 Å². The lowest BCUT2D eigenvalue weighted by molar-refractivity contribution is -0.253. The van der Waals surface area contributed by atoms with Gasteiger partial charge in [0, 0.05) is 6.07 Å². The number of hydrogen-bond acceptors (Lipinski definition) is 5. The van der Waals surface area contributed by atoms with Crippen LogP contribution in [0.15, 0.2) is 64.2 Å². The van der Waals surface area contributed by atoms with Crippen LogP contribution in [-0.4, -0.2) is 30.7 Å². The molecule has 0 aliphatic heterocycles. The smallest absolute Gasteiger partial charge is 0.335 e. The van der Waals surface area contributed by atoms with Crippen LogP contribution in [0.5, 0.6) is 0 Å². The Bertz CT molecular complexity index is 1360. The monoisotopic (exact) mass is 407 g/mol. The maximum Gasteiger partial charge on any atom is 0.335 e. The van der Waals surface area contributed by atoms with Crippen LogP contribution >= 0.6 is 0 Å². The standard InChI is InChI=1S/C21H17N3O6/c1-12-10-17(25)23(15-8-4-14(5-9-15)21(27)28)19-18(12)20(26)24(22-19)16-6-2-13(3-7-16)11-30-29/h2-10,22,29H,11H2,1H3,(H,27,28). The van der Waals surface area contributed by atoms with E-state index in [0.717, 1.165) is 5.56 Å². The number of H-pyrrole nitrogens is 1. The molecular weight excluding hydrogens is 390 g/mol. The molecule has 0 spiro atoms. The van der Waals surface area contributed by atoms with E-state index < -0.39 is 5.97 Å². The molecule has 0 atom stereocenters. The number of pyridine rings is 1. The number of nitrogens with zero attached hydrogens (tertiary/aromatic N) is 2. The van der Waals surface area contributed by atoms with Crippen molar-refractivity contribution in [2.24, 2.45) is 0 Å². The second-order valence-electron chi connectivity index (χ2n) is 6.77. The number of hydrogen-bond donors (Lipinski definition) is 3. The Morgan fingerprint density at radius 3 is 2.27 bits per heavy atom. The summed E-state index contributed by atoms with van der Waals surface area (Å²) in [6, 6.07) is 14.0. The Balaban J connectivity index is 1.93. The minimum Gasteiger partial charge on any atom is -0.478 e. The third-order valence-electron chi connectivity index (χ3n) is 4.85. The quantitative estimate of drug-likeness (QED) is 0.345. The summed E-state index contributed by atoms with van der Waals surface area (Å²) in [7, 11) is 0. The number of aromatic nitrogens is 3. The van der Waals surface area contributed by atoms with Crippen LogP contribution in [0.1, 0.15) is 21.5 Å². The van der Waals surface area contributed by atoms with E-state index in [9.17, 15) is 14.4 Å². The fraction of sp³-hybridized carbons (Fsp3) is 0.0952. The molecule has 4 rings (SSSR count). The maximum atomic E-state index is 13.1. The Labute approximate surface area is 168 Å². The molecule has 3 N–H and O–H groups in total. The molecule has 2 heterocycles. The van der Waals surface area contributed by atoms with Crippen LogP contribution in [0.4, 0.5) is 0 Å². The number of aryl methyl sites for hydroxylation is 1. The Hall–Kier alpha value is -3.95. The number of carbonyl (C=O) groups is 1. The molecule has 0 aliphatic carbocycles. The summed E-state index contributed by atoms with van der Waals surface area (Å²) in [5, 5.41) is 21.0. The summed E-state index contributed by atoms with van der Waals surface area (Å²) in [6.07, 6.45) is 0. The lowest BCUT2D eigenvalue weighted by Crippen LogP contribution is -2.19. The van der Waals surface area contributed by atoms with Crippen molar-refractivity contribution >= 4 is 17.0 Å². The number of aromatic carboxylic acids is 1. The van der Waals surface area contributed by atoms with Gasteiger partial charge < -0.3 is 5.11 Å². The van der Waals surface area contributed by atoms with Crippen molar-refractivity contribution in [3.05, 3.63) is 92.0 Å².